The molecule has 0 fully saturated rings. The normalized spacial score (nSPS) is 11.4. The van der Waals surface area contributed by atoms with E-state index in [9.17, 15) is 4.79 Å². The summed E-state index contributed by atoms with van der Waals surface area (Å²) in [5, 5.41) is 12.9. The summed E-state index contributed by atoms with van der Waals surface area (Å²) in [6, 6.07) is 13.9. The van der Waals surface area contributed by atoms with Crippen molar-refractivity contribution < 1.29 is 14.4 Å². The minimum Gasteiger partial charge on any atom is -0.385 e. The first-order valence-electron chi connectivity index (χ1n) is 8.85. The van der Waals surface area contributed by atoms with Crippen LogP contribution in [0.3, 0.4) is 0 Å². The number of benzene rings is 1. The van der Waals surface area contributed by atoms with Gasteiger partial charge in [0.2, 0.25) is 0 Å². The molecular formula is C20H22N4O3S. The highest BCUT2D eigenvalue weighted by molar-refractivity contribution is 7.12. The molecule has 0 radical (unpaired) electrons. The van der Waals surface area contributed by atoms with Crippen LogP contribution in [0.2, 0.25) is 0 Å². The number of thiophene rings is 1. The van der Waals surface area contributed by atoms with Crippen LogP contribution in [0.1, 0.15) is 17.4 Å². The Morgan fingerprint density at radius 1 is 1.25 bits per heavy atom. The van der Waals surface area contributed by atoms with Gasteiger partial charge in [0, 0.05) is 6.20 Å². The molecule has 3 aromatic rings. The number of amides is 1. The maximum Gasteiger partial charge on any atom is 0.265 e. The lowest BCUT2D eigenvalue weighted by Gasteiger charge is -2.04. The van der Waals surface area contributed by atoms with Crippen molar-refractivity contribution in [2.45, 2.75) is 20.1 Å². The summed E-state index contributed by atoms with van der Waals surface area (Å²) in [6.45, 7) is 3.38. The van der Waals surface area contributed by atoms with Crippen LogP contribution in [0.15, 0.2) is 65.4 Å². The monoisotopic (exact) mass is 398 g/mol. The van der Waals surface area contributed by atoms with Crippen LogP contribution in [0.5, 0.6) is 0 Å². The Bertz CT molecular complexity index is 891. The molecule has 1 N–H and O–H groups in total. The Labute approximate surface area is 167 Å². The molecule has 7 nitrogen and oxygen atoms in total. The number of carbonyl (C=O) groups excluding carboxylic acids is 1. The molecule has 2 aromatic heterocycles. The van der Waals surface area contributed by atoms with Gasteiger partial charge in [-0.05, 0) is 23.9 Å². The van der Waals surface area contributed by atoms with E-state index in [-0.39, 0.29) is 12.5 Å². The first-order valence-corrected chi connectivity index (χ1v) is 9.73. The van der Waals surface area contributed by atoms with E-state index in [1.807, 2.05) is 54.8 Å². The van der Waals surface area contributed by atoms with Crippen LogP contribution in [-0.2, 0) is 27.5 Å². The summed E-state index contributed by atoms with van der Waals surface area (Å²) in [5.74, 6) is -0.289. The van der Waals surface area contributed by atoms with Crippen molar-refractivity contribution in [3.05, 3.63) is 70.7 Å². The lowest BCUT2D eigenvalue weighted by atomic mass is 10.2. The van der Waals surface area contributed by atoms with Gasteiger partial charge in [-0.15, -0.1) is 11.3 Å². The molecule has 0 aliphatic heterocycles. The quantitative estimate of drug-likeness (QED) is 0.322. The number of rotatable bonds is 10. The summed E-state index contributed by atoms with van der Waals surface area (Å²) in [7, 11) is 0. The third kappa shape index (κ3) is 6.33. The van der Waals surface area contributed by atoms with Gasteiger partial charge in [-0.1, -0.05) is 41.6 Å². The fourth-order valence-corrected chi connectivity index (χ4v) is 3.06. The van der Waals surface area contributed by atoms with Gasteiger partial charge in [-0.2, -0.15) is 5.10 Å². The number of carbonyl (C=O) groups is 1. The molecule has 0 bridgehead atoms. The standard InChI is InChI=1S/C20H22N4O3S/c1-16(19-8-5-11-28-19)23-27-15-20(25)22-18-12-21-24(13-18)9-10-26-14-17-6-3-2-4-7-17/h2-8,11-13H,9-10,14-15H2,1H3,(H,22,25)/b23-16-. The third-order valence-corrected chi connectivity index (χ3v) is 4.75. The Morgan fingerprint density at radius 2 is 2.11 bits per heavy atom. The minimum absolute atomic E-state index is 0.159. The second-order valence-electron chi connectivity index (χ2n) is 6.01. The summed E-state index contributed by atoms with van der Waals surface area (Å²) < 4.78 is 7.36. The van der Waals surface area contributed by atoms with Crippen molar-refractivity contribution in [2.24, 2.45) is 5.16 Å². The van der Waals surface area contributed by atoms with Gasteiger partial charge in [-0.3, -0.25) is 9.48 Å². The molecule has 1 aromatic carbocycles. The van der Waals surface area contributed by atoms with Crippen molar-refractivity contribution in [3.63, 3.8) is 0 Å². The number of anilines is 1. The maximum atomic E-state index is 11.9. The zero-order chi connectivity index (χ0) is 19.6. The van der Waals surface area contributed by atoms with E-state index in [2.05, 4.69) is 15.6 Å². The van der Waals surface area contributed by atoms with Crippen molar-refractivity contribution >= 4 is 28.6 Å². The van der Waals surface area contributed by atoms with E-state index in [1.54, 1.807) is 28.4 Å². The fraction of sp³-hybridized carbons (Fsp3) is 0.250. The SMILES string of the molecule is C/C(=N/OCC(=O)Nc1cnn(CCOCc2ccccc2)c1)c1cccs1. The number of hydrogen-bond acceptors (Lipinski definition) is 6. The van der Waals surface area contributed by atoms with E-state index < -0.39 is 0 Å². The van der Waals surface area contributed by atoms with Gasteiger partial charge in [0.15, 0.2) is 6.61 Å². The van der Waals surface area contributed by atoms with E-state index in [4.69, 9.17) is 9.57 Å². The second kappa shape index (κ2) is 10.4. The first-order chi connectivity index (χ1) is 13.7. The van der Waals surface area contributed by atoms with E-state index in [0.29, 0.717) is 25.4 Å². The molecule has 146 valence electrons. The highest BCUT2D eigenvalue weighted by Crippen LogP contribution is 2.10. The molecule has 1 amide bonds. The average molecular weight is 398 g/mol. The van der Waals surface area contributed by atoms with Crippen LogP contribution < -0.4 is 5.32 Å². The lowest BCUT2D eigenvalue weighted by Crippen LogP contribution is -2.17. The maximum absolute atomic E-state index is 11.9. The topological polar surface area (TPSA) is 77.7 Å². The zero-order valence-corrected chi connectivity index (χ0v) is 16.4. The van der Waals surface area contributed by atoms with Crippen molar-refractivity contribution in [1.29, 1.82) is 0 Å². The Balaban J connectivity index is 1.35. The molecule has 8 heteroatoms. The molecule has 2 heterocycles. The molecule has 0 saturated heterocycles. The van der Waals surface area contributed by atoms with E-state index in [0.717, 1.165) is 16.2 Å². The Morgan fingerprint density at radius 3 is 2.89 bits per heavy atom. The third-order valence-electron chi connectivity index (χ3n) is 3.77. The van der Waals surface area contributed by atoms with Gasteiger partial charge in [0.1, 0.15) is 0 Å². The van der Waals surface area contributed by atoms with Gasteiger partial charge in [0.25, 0.3) is 5.91 Å². The minimum atomic E-state index is -0.289. The summed E-state index contributed by atoms with van der Waals surface area (Å²) in [6.07, 6.45) is 3.35. The molecule has 3 rings (SSSR count). The Hall–Kier alpha value is -2.97. The largest absolute Gasteiger partial charge is 0.385 e. The molecule has 0 atom stereocenters. The average Bonchev–Trinajstić information content (AvgIpc) is 3.38. The molecule has 28 heavy (non-hydrogen) atoms. The first kappa shape index (κ1) is 19.8. The number of nitrogens with zero attached hydrogens (tertiary/aromatic N) is 3. The van der Waals surface area contributed by atoms with Crippen molar-refractivity contribution in [3.8, 4) is 0 Å². The molecular weight excluding hydrogens is 376 g/mol. The highest BCUT2D eigenvalue weighted by Gasteiger charge is 2.06. The lowest BCUT2D eigenvalue weighted by molar-refractivity contribution is -0.120. The van der Waals surface area contributed by atoms with Gasteiger partial charge in [0.05, 0.1) is 42.2 Å². The summed E-state index contributed by atoms with van der Waals surface area (Å²) >= 11 is 1.57. The molecule has 0 aliphatic rings. The van der Waals surface area contributed by atoms with Crippen LogP contribution in [0.4, 0.5) is 5.69 Å². The van der Waals surface area contributed by atoms with Crippen molar-refractivity contribution in [2.75, 3.05) is 18.5 Å². The predicted molar refractivity (Wildman–Crippen MR) is 109 cm³/mol. The van der Waals surface area contributed by atoms with Crippen LogP contribution >= 0.6 is 11.3 Å². The van der Waals surface area contributed by atoms with Gasteiger partial charge >= 0.3 is 0 Å². The fourth-order valence-electron chi connectivity index (χ4n) is 2.39. The van der Waals surface area contributed by atoms with Crippen LogP contribution in [-0.4, -0.2) is 34.6 Å². The number of aromatic nitrogens is 2. The number of nitrogens with one attached hydrogen (secondary N) is 1. The molecule has 0 spiro atoms. The van der Waals surface area contributed by atoms with Crippen molar-refractivity contribution in [1.82, 2.24) is 9.78 Å². The summed E-state index contributed by atoms with van der Waals surface area (Å²) in [5.41, 5.74) is 2.48. The van der Waals surface area contributed by atoms with Gasteiger partial charge in [-0.25, -0.2) is 0 Å². The Kier molecular flexibility index (Phi) is 7.34. The zero-order valence-electron chi connectivity index (χ0n) is 15.6. The second-order valence-corrected chi connectivity index (χ2v) is 6.95. The van der Waals surface area contributed by atoms with Gasteiger partial charge < -0.3 is 14.9 Å². The number of oxime groups is 1. The smallest absolute Gasteiger partial charge is 0.265 e. The molecule has 0 aliphatic carbocycles. The summed E-state index contributed by atoms with van der Waals surface area (Å²) in [4.78, 5) is 18.1. The molecule has 0 saturated carbocycles. The predicted octanol–water partition coefficient (Wildman–Crippen LogP) is 3.54. The van der Waals surface area contributed by atoms with Crippen LogP contribution in [0, 0.1) is 0 Å². The number of hydrogen-bond donors (Lipinski definition) is 1. The van der Waals surface area contributed by atoms with Crippen LogP contribution in [0.25, 0.3) is 0 Å². The van der Waals surface area contributed by atoms with E-state index in [1.165, 1.54) is 0 Å². The van der Waals surface area contributed by atoms with E-state index >= 15 is 0 Å². The number of ether oxygens (including phenoxy) is 1. The molecule has 0 unspecified atom stereocenters. The highest BCUT2D eigenvalue weighted by atomic mass is 32.1.